The Balaban J connectivity index is 1.84. The number of nitrogens with one attached hydrogen (secondary N) is 1. The first kappa shape index (κ1) is 15.7. The van der Waals surface area contributed by atoms with E-state index in [2.05, 4.69) is 33.7 Å². The maximum Gasteiger partial charge on any atom is 0.185 e. The lowest BCUT2D eigenvalue weighted by molar-refractivity contribution is 0.199. The molecule has 0 radical (unpaired) electrons. The van der Waals surface area contributed by atoms with Crippen molar-refractivity contribution in [3.05, 3.63) is 32.4 Å². The van der Waals surface area contributed by atoms with Crippen molar-refractivity contribution in [2.24, 2.45) is 0 Å². The van der Waals surface area contributed by atoms with Crippen LogP contribution in [0.1, 0.15) is 10.6 Å². The van der Waals surface area contributed by atoms with Crippen molar-refractivity contribution < 1.29 is 4.74 Å². The zero-order chi connectivity index (χ0) is 14.4. The third kappa shape index (κ3) is 4.71. The van der Waals surface area contributed by atoms with Gasteiger partial charge < -0.3 is 15.0 Å². The highest BCUT2D eigenvalue weighted by Gasteiger charge is 2.09. The molecule has 0 aliphatic carbocycles. The highest BCUT2D eigenvalue weighted by atomic mass is 35.5. The van der Waals surface area contributed by atoms with Crippen LogP contribution in [-0.2, 0) is 17.8 Å². The van der Waals surface area contributed by atoms with E-state index in [9.17, 15) is 0 Å². The number of rotatable bonds is 8. The topological polar surface area (TPSA) is 37.4 Å². The molecule has 0 saturated heterocycles. The Morgan fingerprint density at radius 3 is 3.00 bits per heavy atom. The average molecular weight is 332 g/mol. The van der Waals surface area contributed by atoms with E-state index in [0.29, 0.717) is 0 Å². The lowest BCUT2D eigenvalue weighted by Gasteiger charge is -2.14. The van der Waals surface area contributed by atoms with Crippen molar-refractivity contribution in [2.75, 3.05) is 32.2 Å². The Morgan fingerprint density at radius 2 is 2.30 bits per heavy atom. The summed E-state index contributed by atoms with van der Waals surface area (Å²) in [5.74, 6) is 0. The van der Waals surface area contributed by atoms with Gasteiger partial charge in [0.25, 0.3) is 0 Å². The molecule has 0 aromatic carbocycles. The van der Waals surface area contributed by atoms with Crippen LogP contribution in [0.5, 0.6) is 0 Å². The molecule has 7 heteroatoms. The van der Waals surface area contributed by atoms with Crippen LogP contribution in [0.2, 0.25) is 4.34 Å². The lowest BCUT2D eigenvalue weighted by Crippen LogP contribution is -2.19. The molecule has 2 heterocycles. The number of hydrogen-bond acceptors (Lipinski definition) is 6. The number of nitrogens with zero attached hydrogens (tertiary/aromatic N) is 2. The first-order valence-corrected chi connectivity index (χ1v) is 8.36. The first-order valence-electron chi connectivity index (χ1n) is 6.28. The summed E-state index contributed by atoms with van der Waals surface area (Å²) in [6, 6.07) is 3.99. The summed E-state index contributed by atoms with van der Waals surface area (Å²) in [6.07, 6.45) is 0. The molecule has 2 aromatic rings. The van der Waals surface area contributed by atoms with E-state index >= 15 is 0 Å². The number of thiophene rings is 1. The van der Waals surface area contributed by atoms with Crippen LogP contribution in [0.15, 0.2) is 17.5 Å². The number of methoxy groups -OCH3 is 1. The Labute approximate surface area is 132 Å². The molecule has 0 saturated carbocycles. The van der Waals surface area contributed by atoms with Crippen molar-refractivity contribution in [2.45, 2.75) is 13.1 Å². The Hall–Kier alpha value is -0.660. The maximum atomic E-state index is 5.95. The van der Waals surface area contributed by atoms with Gasteiger partial charge in [-0.3, -0.25) is 0 Å². The number of ether oxygens (including phenoxy) is 1. The second-order valence-electron chi connectivity index (χ2n) is 4.35. The normalized spacial score (nSPS) is 10.9. The third-order valence-electron chi connectivity index (χ3n) is 2.68. The van der Waals surface area contributed by atoms with Gasteiger partial charge in [0.05, 0.1) is 23.2 Å². The Bertz CT molecular complexity index is 529. The average Bonchev–Trinajstić information content (AvgIpc) is 3.04. The molecule has 1 N–H and O–H groups in total. The second kappa shape index (κ2) is 7.95. The van der Waals surface area contributed by atoms with Gasteiger partial charge in [-0.2, -0.15) is 0 Å². The van der Waals surface area contributed by atoms with Crippen LogP contribution in [0.4, 0.5) is 5.13 Å². The minimum absolute atomic E-state index is 0.718. The van der Waals surface area contributed by atoms with Gasteiger partial charge in [-0.15, -0.1) is 22.7 Å². The second-order valence-corrected chi connectivity index (χ2v) is 6.99. The van der Waals surface area contributed by atoms with Gasteiger partial charge in [-0.1, -0.05) is 11.6 Å². The van der Waals surface area contributed by atoms with Crippen molar-refractivity contribution in [1.82, 2.24) is 10.3 Å². The Kier molecular flexibility index (Phi) is 6.25. The zero-order valence-corrected chi connectivity index (χ0v) is 13.9. The highest BCUT2D eigenvalue weighted by Crippen LogP contribution is 2.26. The lowest BCUT2D eigenvalue weighted by atomic mass is 10.4. The smallest absolute Gasteiger partial charge is 0.185 e. The predicted molar refractivity (Wildman–Crippen MR) is 87.1 cm³/mol. The van der Waals surface area contributed by atoms with Crippen molar-refractivity contribution in [3.8, 4) is 0 Å². The van der Waals surface area contributed by atoms with Crippen LogP contribution in [-0.4, -0.2) is 32.3 Å². The number of thiazole rings is 1. The number of aromatic nitrogens is 1. The van der Waals surface area contributed by atoms with Crippen LogP contribution >= 0.6 is 34.3 Å². The molecular weight excluding hydrogens is 314 g/mol. The summed E-state index contributed by atoms with van der Waals surface area (Å²) in [7, 11) is 3.75. The van der Waals surface area contributed by atoms with E-state index in [4.69, 9.17) is 16.3 Å². The summed E-state index contributed by atoms with van der Waals surface area (Å²) >= 11 is 9.22. The van der Waals surface area contributed by atoms with Gasteiger partial charge in [0.15, 0.2) is 5.13 Å². The van der Waals surface area contributed by atoms with Gasteiger partial charge in [0.2, 0.25) is 0 Å². The predicted octanol–water partition coefficient (Wildman–Crippen LogP) is 3.23. The molecule has 0 spiro atoms. The molecule has 0 atom stereocenters. The summed E-state index contributed by atoms with van der Waals surface area (Å²) in [6.45, 7) is 3.17. The zero-order valence-electron chi connectivity index (χ0n) is 11.6. The first-order chi connectivity index (χ1) is 9.69. The molecule has 0 fully saturated rings. The molecule has 2 aromatic heterocycles. The largest absolute Gasteiger partial charge is 0.383 e. The van der Waals surface area contributed by atoms with Gasteiger partial charge in [-0.25, -0.2) is 4.98 Å². The van der Waals surface area contributed by atoms with Crippen LogP contribution in [0.25, 0.3) is 0 Å². The van der Waals surface area contributed by atoms with E-state index in [1.165, 1.54) is 4.88 Å². The van der Waals surface area contributed by atoms with E-state index in [1.807, 2.05) is 6.07 Å². The molecular formula is C13H18ClN3OS2. The van der Waals surface area contributed by atoms with Crippen molar-refractivity contribution >= 4 is 39.4 Å². The molecule has 0 amide bonds. The molecule has 0 bridgehead atoms. The monoisotopic (exact) mass is 331 g/mol. The van der Waals surface area contributed by atoms with Gasteiger partial charge >= 0.3 is 0 Å². The highest BCUT2D eigenvalue weighted by molar-refractivity contribution is 7.16. The fourth-order valence-electron chi connectivity index (χ4n) is 1.68. The van der Waals surface area contributed by atoms with E-state index in [1.54, 1.807) is 29.8 Å². The molecule has 4 nitrogen and oxygen atoms in total. The molecule has 20 heavy (non-hydrogen) atoms. The minimum atomic E-state index is 0.718. The molecule has 110 valence electrons. The fraction of sp³-hybridized carbons (Fsp3) is 0.462. The van der Waals surface area contributed by atoms with Gasteiger partial charge in [0, 0.05) is 37.5 Å². The van der Waals surface area contributed by atoms with E-state index < -0.39 is 0 Å². The molecule has 0 aliphatic heterocycles. The number of hydrogen-bond donors (Lipinski definition) is 1. The summed E-state index contributed by atoms with van der Waals surface area (Å²) in [5.41, 5.74) is 1.07. The van der Waals surface area contributed by atoms with Crippen LogP contribution < -0.4 is 10.2 Å². The fourth-order valence-corrected chi connectivity index (χ4v) is 3.61. The Morgan fingerprint density at radius 1 is 1.45 bits per heavy atom. The van der Waals surface area contributed by atoms with E-state index in [-0.39, 0.29) is 0 Å². The quantitative estimate of drug-likeness (QED) is 0.754. The van der Waals surface area contributed by atoms with Crippen LogP contribution in [0, 0.1) is 0 Å². The van der Waals surface area contributed by atoms with Gasteiger partial charge in [-0.05, 0) is 12.1 Å². The van der Waals surface area contributed by atoms with Gasteiger partial charge in [0.1, 0.15) is 0 Å². The number of anilines is 1. The van der Waals surface area contributed by atoms with Crippen molar-refractivity contribution in [3.63, 3.8) is 0 Å². The van der Waals surface area contributed by atoms with Crippen molar-refractivity contribution in [1.29, 1.82) is 0 Å². The van der Waals surface area contributed by atoms with E-state index in [0.717, 1.165) is 41.4 Å². The molecule has 0 unspecified atom stereocenters. The third-order valence-corrected chi connectivity index (χ3v) is 4.90. The molecule has 2 rings (SSSR count). The maximum absolute atomic E-state index is 5.95. The van der Waals surface area contributed by atoms with Crippen LogP contribution in [0.3, 0.4) is 0 Å². The molecule has 0 aliphatic rings. The summed E-state index contributed by atoms with van der Waals surface area (Å²) < 4.78 is 5.82. The summed E-state index contributed by atoms with van der Waals surface area (Å²) in [4.78, 5) is 8.01. The number of halogens is 1. The summed E-state index contributed by atoms with van der Waals surface area (Å²) in [5, 5.41) is 6.41. The standard InChI is InChI=1S/C13H18ClN3OS2/c1-17(8-11-3-4-12(14)20-11)13-16-10(9-19-13)7-15-5-6-18-2/h3-4,9,15H,5-8H2,1-2H3. The SMILES string of the molecule is COCCNCc1csc(N(C)Cc2ccc(Cl)s2)n1. The minimum Gasteiger partial charge on any atom is -0.383 e.